The molecule has 0 atom stereocenters. The summed E-state index contributed by atoms with van der Waals surface area (Å²) in [5.74, 6) is -3.66. The lowest BCUT2D eigenvalue weighted by Gasteiger charge is -2.01. The first kappa shape index (κ1) is 15.3. The molecule has 0 aliphatic heterocycles. The predicted octanol–water partition coefficient (Wildman–Crippen LogP) is 1.19. The smallest absolute Gasteiger partial charge is 0.335 e. The molecule has 0 amide bonds. The van der Waals surface area contributed by atoms with E-state index in [0.29, 0.717) is 0 Å². The highest BCUT2D eigenvalue weighted by Gasteiger charge is 2.11. The van der Waals surface area contributed by atoms with Gasteiger partial charge in [-0.3, -0.25) is 4.79 Å². The van der Waals surface area contributed by atoms with Crippen LogP contribution in [0.3, 0.4) is 0 Å². The van der Waals surface area contributed by atoms with Crippen molar-refractivity contribution in [1.29, 1.82) is 0 Å². The van der Waals surface area contributed by atoms with Gasteiger partial charge in [-0.25, -0.2) is 4.79 Å². The normalized spacial score (nSPS) is 8.72. The Labute approximate surface area is 102 Å². The maximum absolute atomic E-state index is 10.3. The molecular weight excluding hydrogens is 244 g/mol. The molecule has 0 fully saturated rings. The van der Waals surface area contributed by atoms with Gasteiger partial charge in [-0.15, -0.1) is 0 Å². The number of hydrogen-bond acceptors (Lipinski definition) is 6. The highest BCUT2D eigenvalue weighted by molar-refractivity contribution is 5.89. The van der Waals surface area contributed by atoms with Crippen molar-refractivity contribution in [2.45, 2.75) is 6.92 Å². The van der Waals surface area contributed by atoms with Crippen LogP contribution >= 0.6 is 0 Å². The van der Waals surface area contributed by atoms with Crippen LogP contribution in [0.2, 0.25) is 0 Å². The molecule has 0 aliphatic carbocycles. The third-order valence-corrected chi connectivity index (χ3v) is 1.57. The lowest BCUT2D eigenvalue weighted by atomic mass is 10.2. The summed E-state index contributed by atoms with van der Waals surface area (Å²) in [6.07, 6.45) is 1.10. The van der Waals surface area contributed by atoms with Crippen molar-refractivity contribution in [3.05, 3.63) is 30.5 Å². The van der Waals surface area contributed by atoms with E-state index < -0.39 is 23.2 Å². The number of carboxylic acids is 1. The summed E-state index contributed by atoms with van der Waals surface area (Å²) < 4.78 is 4.17. The van der Waals surface area contributed by atoms with Crippen molar-refractivity contribution in [2.24, 2.45) is 0 Å². The molecule has 0 aromatic heterocycles. The number of carboxylic acid groups (broad SMARTS) is 1. The van der Waals surface area contributed by atoms with Gasteiger partial charge in [0.15, 0.2) is 17.2 Å². The molecule has 1 aromatic carbocycles. The van der Waals surface area contributed by atoms with Crippen LogP contribution in [0.4, 0.5) is 0 Å². The molecule has 18 heavy (non-hydrogen) atoms. The maximum atomic E-state index is 10.3. The van der Waals surface area contributed by atoms with Crippen LogP contribution in [0.1, 0.15) is 17.3 Å². The van der Waals surface area contributed by atoms with Gasteiger partial charge >= 0.3 is 11.9 Å². The van der Waals surface area contributed by atoms with E-state index in [1.54, 1.807) is 0 Å². The number of benzene rings is 1. The first-order chi connectivity index (χ1) is 8.29. The molecule has 7 nitrogen and oxygen atoms in total. The number of hydrogen-bond donors (Lipinski definition) is 4. The Morgan fingerprint density at radius 3 is 1.89 bits per heavy atom. The molecule has 0 spiro atoms. The Bertz CT molecular complexity index is 441. The van der Waals surface area contributed by atoms with E-state index in [1.165, 1.54) is 6.92 Å². The first-order valence-corrected chi connectivity index (χ1v) is 4.56. The lowest BCUT2D eigenvalue weighted by molar-refractivity contribution is -0.135. The fourth-order valence-electron chi connectivity index (χ4n) is 0.845. The largest absolute Gasteiger partial charge is 0.504 e. The van der Waals surface area contributed by atoms with Crippen molar-refractivity contribution >= 4 is 11.9 Å². The van der Waals surface area contributed by atoms with Crippen LogP contribution in [-0.2, 0) is 9.53 Å². The Morgan fingerprint density at radius 2 is 1.67 bits per heavy atom. The minimum absolute atomic E-state index is 0.289. The standard InChI is InChI=1S/C7H6O5.C4H6O2/c8-4-1-3(7(11)12)2-5(9)6(4)10;1-3-6-4(2)5/h1-2,8-10H,(H,11,12);3H,1H2,2H3. The van der Waals surface area contributed by atoms with Crippen molar-refractivity contribution in [3.8, 4) is 17.2 Å². The van der Waals surface area contributed by atoms with Gasteiger partial charge in [-0.05, 0) is 12.1 Å². The zero-order chi connectivity index (χ0) is 14.3. The third kappa shape index (κ3) is 4.88. The van der Waals surface area contributed by atoms with Crippen LogP contribution in [0.15, 0.2) is 25.0 Å². The summed E-state index contributed by atoms with van der Waals surface area (Å²) in [4.78, 5) is 20.1. The number of ether oxygens (including phenoxy) is 1. The molecule has 98 valence electrons. The number of esters is 1. The fraction of sp³-hybridized carbons (Fsp3) is 0.0909. The average molecular weight is 256 g/mol. The van der Waals surface area contributed by atoms with E-state index in [1.807, 2.05) is 0 Å². The van der Waals surface area contributed by atoms with E-state index in [0.717, 1.165) is 18.4 Å². The van der Waals surface area contributed by atoms with Gasteiger partial charge in [0.1, 0.15) is 0 Å². The van der Waals surface area contributed by atoms with Gasteiger partial charge in [-0.2, -0.15) is 0 Å². The van der Waals surface area contributed by atoms with Gasteiger partial charge in [-0.1, -0.05) is 6.58 Å². The summed E-state index contributed by atoms with van der Waals surface area (Å²) >= 11 is 0. The highest BCUT2D eigenvalue weighted by Crippen LogP contribution is 2.35. The van der Waals surface area contributed by atoms with Crippen molar-refractivity contribution in [2.75, 3.05) is 0 Å². The number of phenols is 3. The summed E-state index contributed by atoms with van der Waals surface area (Å²) in [7, 11) is 0. The van der Waals surface area contributed by atoms with Crippen molar-refractivity contribution in [3.63, 3.8) is 0 Å². The van der Waals surface area contributed by atoms with E-state index in [2.05, 4.69) is 11.3 Å². The monoisotopic (exact) mass is 256 g/mol. The summed E-state index contributed by atoms with van der Waals surface area (Å²) in [6, 6.07) is 1.69. The molecule has 0 heterocycles. The molecule has 0 aliphatic rings. The van der Waals surface area contributed by atoms with Crippen molar-refractivity contribution < 1.29 is 34.8 Å². The van der Waals surface area contributed by atoms with E-state index in [9.17, 15) is 9.59 Å². The Hall–Kier alpha value is -2.70. The molecule has 1 aromatic rings. The van der Waals surface area contributed by atoms with E-state index >= 15 is 0 Å². The molecule has 0 bridgehead atoms. The van der Waals surface area contributed by atoms with Gasteiger partial charge < -0.3 is 25.2 Å². The Kier molecular flexibility index (Phi) is 5.77. The maximum Gasteiger partial charge on any atom is 0.335 e. The average Bonchev–Trinajstić information content (AvgIpc) is 2.25. The SMILES string of the molecule is C=COC(C)=O.O=C(O)c1cc(O)c(O)c(O)c1. The van der Waals surface area contributed by atoms with Gasteiger partial charge in [0.25, 0.3) is 0 Å². The minimum atomic E-state index is -1.29. The molecule has 1 rings (SSSR count). The van der Waals surface area contributed by atoms with E-state index in [-0.39, 0.29) is 11.5 Å². The van der Waals surface area contributed by atoms with Gasteiger partial charge in [0.2, 0.25) is 0 Å². The number of aromatic hydroxyl groups is 3. The van der Waals surface area contributed by atoms with Gasteiger partial charge in [0.05, 0.1) is 11.8 Å². The number of rotatable bonds is 2. The first-order valence-electron chi connectivity index (χ1n) is 4.56. The number of aromatic carboxylic acids is 1. The zero-order valence-corrected chi connectivity index (χ0v) is 9.45. The second kappa shape index (κ2) is 6.79. The summed E-state index contributed by atoms with van der Waals surface area (Å²) in [5, 5.41) is 35.0. The molecule has 0 saturated heterocycles. The summed E-state index contributed by atoms with van der Waals surface area (Å²) in [5.41, 5.74) is -0.289. The third-order valence-electron chi connectivity index (χ3n) is 1.57. The number of phenolic OH excluding ortho intramolecular Hbond substituents is 3. The quantitative estimate of drug-likeness (QED) is 0.356. The summed E-state index contributed by atoms with van der Waals surface area (Å²) in [6.45, 7) is 4.48. The Morgan fingerprint density at radius 1 is 1.22 bits per heavy atom. The second-order valence-corrected chi connectivity index (χ2v) is 2.94. The van der Waals surface area contributed by atoms with Crippen LogP contribution in [0.5, 0.6) is 17.2 Å². The molecule has 4 N–H and O–H groups in total. The molecular formula is C11H12O7. The van der Waals surface area contributed by atoms with Crippen LogP contribution in [0.25, 0.3) is 0 Å². The van der Waals surface area contributed by atoms with Crippen molar-refractivity contribution in [1.82, 2.24) is 0 Å². The molecule has 0 saturated carbocycles. The van der Waals surface area contributed by atoms with Crippen LogP contribution in [-0.4, -0.2) is 32.4 Å². The topological polar surface area (TPSA) is 124 Å². The molecule has 0 unspecified atom stereocenters. The lowest BCUT2D eigenvalue weighted by Crippen LogP contribution is -1.95. The number of carbonyl (C=O) groups is 2. The van der Waals surface area contributed by atoms with E-state index in [4.69, 9.17) is 20.4 Å². The number of carbonyl (C=O) groups excluding carboxylic acids is 1. The second-order valence-electron chi connectivity index (χ2n) is 2.94. The molecule has 7 heteroatoms. The van der Waals surface area contributed by atoms with Crippen LogP contribution < -0.4 is 0 Å². The Balaban J connectivity index is 0.000000411. The fourth-order valence-corrected chi connectivity index (χ4v) is 0.845. The minimum Gasteiger partial charge on any atom is -0.504 e. The highest BCUT2D eigenvalue weighted by atomic mass is 16.5. The zero-order valence-electron chi connectivity index (χ0n) is 9.45. The van der Waals surface area contributed by atoms with Crippen LogP contribution in [0, 0.1) is 0 Å². The van der Waals surface area contributed by atoms with Gasteiger partial charge in [0, 0.05) is 6.92 Å². The molecule has 0 radical (unpaired) electrons. The predicted molar refractivity (Wildman–Crippen MR) is 60.4 cm³/mol.